The van der Waals surface area contributed by atoms with Gasteiger partial charge in [0.2, 0.25) is 0 Å². The molecule has 2 N–H and O–H groups in total. The maximum absolute atomic E-state index is 12.1. The van der Waals surface area contributed by atoms with Crippen molar-refractivity contribution in [2.45, 2.75) is 6.54 Å². The van der Waals surface area contributed by atoms with Crippen LogP contribution in [0, 0.1) is 0 Å². The summed E-state index contributed by atoms with van der Waals surface area (Å²) in [5, 5.41) is 6.59. The van der Waals surface area contributed by atoms with E-state index >= 15 is 0 Å². The summed E-state index contributed by atoms with van der Waals surface area (Å²) < 4.78 is 0. The van der Waals surface area contributed by atoms with Crippen LogP contribution in [0.15, 0.2) is 67.1 Å². The van der Waals surface area contributed by atoms with Gasteiger partial charge in [-0.3, -0.25) is 9.78 Å². The van der Waals surface area contributed by atoms with Gasteiger partial charge in [0.1, 0.15) is 5.82 Å². The molecule has 6 heteroatoms. The van der Waals surface area contributed by atoms with Crippen molar-refractivity contribution in [3.63, 3.8) is 0 Å². The molecule has 0 aliphatic carbocycles. The molecule has 24 heavy (non-hydrogen) atoms. The first kappa shape index (κ1) is 16.0. The third-order valence-electron chi connectivity index (χ3n) is 3.33. The van der Waals surface area contributed by atoms with Crippen LogP contribution in [0.2, 0.25) is 5.02 Å². The van der Waals surface area contributed by atoms with Gasteiger partial charge in [-0.1, -0.05) is 17.7 Å². The van der Waals surface area contributed by atoms with Crippen LogP contribution >= 0.6 is 11.6 Å². The first-order chi connectivity index (χ1) is 11.7. The number of benzene rings is 1. The molecular formula is C18H15ClN4O. The molecule has 1 aromatic carbocycles. The molecule has 3 aromatic rings. The molecule has 0 bridgehead atoms. The smallest absolute Gasteiger partial charge is 0.256 e. The maximum atomic E-state index is 12.1. The van der Waals surface area contributed by atoms with Crippen LogP contribution in [0.3, 0.4) is 0 Å². The highest BCUT2D eigenvalue weighted by molar-refractivity contribution is 6.30. The number of anilines is 2. The average Bonchev–Trinajstić information content (AvgIpc) is 2.62. The number of carbonyl (C=O) groups excluding carboxylic acids is 1. The van der Waals surface area contributed by atoms with Gasteiger partial charge in [0.05, 0.1) is 11.9 Å². The zero-order valence-corrected chi connectivity index (χ0v) is 13.5. The Morgan fingerprint density at radius 1 is 1.04 bits per heavy atom. The number of nitrogens with zero attached hydrogens (tertiary/aromatic N) is 2. The summed E-state index contributed by atoms with van der Waals surface area (Å²) in [6.45, 7) is 0.659. The minimum Gasteiger partial charge on any atom is -0.380 e. The van der Waals surface area contributed by atoms with Gasteiger partial charge in [0.25, 0.3) is 5.91 Å². The van der Waals surface area contributed by atoms with Crippen molar-refractivity contribution in [2.75, 3.05) is 10.6 Å². The Morgan fingerprint density at radius 2 is 1.88 bits per heavy atom. The number of pyridine rings is 2. The molecular weight excluding hydrogens is 324 g/mol. The Hall–Kier alpha value is -2.92. The lowest BCUT2D eigenvalue weighted by Crippen LogP contribution is -2.12. The number of aromatic nitrogens is 2. The Bertz CT molecular complexity index is 805. The highest BCUT2D eigenvalue weighted by Gasteiger charge is 2.06. The van der Waals surface area contributed by atoms with Crippen molar-refractivity contribution in [2.24, 2.45) is 0 Å². The van der Waals surface area contributed by atoms with E-state index in [-0.39, 0.29) is 5.91 Å². The van der Waals surface area contributed by atoms with Crippen molar-refractivity contribution >= 4 is 29.0 Å². The summed E-state index contributed by atoms with van der Waals surface area (Å²) in [6.07, 6.45) is 5.22. The van der Waals surface area contributed by atoms with E-state index in [0.29, 0.717) is 22.9 Å². The van der Waals surface area contributed by atoms with E-state index in [1.807, 2.05) is 18.2 Å². The zero-order chi connectivity index (χ0) is 16.8. The van der Waals surface area contributed by atoms with E-state index in [9.17, 15) is 4.79 Å². The predicted octanol–water partition coefficient (Wildman–Crippen LogP) is 3.99. The number of amides is 1. The molecule has 0 radical (unpaired) electrons. The number of hydrogen-bond acceptors (Lipinski definition) is 4. The molecule has 0 fully saturated rings. The highest BCUT2D eigenvalue weighted by atomic mass is 35.5. The molecule has 0 spiro atoms. The van der Waals surface area contributed by atoms with Crippen molar-refractivity contribution in [1.29, 1.82) is 0 Å². The first-order valence-corrected chi connectivity index (χ1v) is 7.74. The lowest BCUT2D eigenvalue weighted by molar-refractivity contribution is 0.102. The molecule has 120 valence electrons. The number of hydrogen-bond donors (Lipinski definition) is 2. The van der Waals surface area contributed by atoms with Crippen LogP contribution < -0.4 is 10.6 Å². The predicted molar refractivity (Wildman–Crippen MR) is 95.2 cm³/mol. The molecule has 0 saturated heterocycles. The van der Waals surface area contributed by atoms with Gasteiger partial charge < -0.3 is 10.6 Å². The minimum atomic E-state index is -0.227. The molecule has 3 rings (SSSR count). The summed E-state index contributed by atoms with van der Waals surface area (Å²) in [7, 11) is 0. The fraction of sp³-hybridized carbons (Fsp3) is 0.0556. The monoisotopic (exact) mass is 338 g/mol. The van der Waals surface area contributed by atoms with Gasteiger partial charge in [0, 0.05) is 29.5 Å². The topological polar surface area (TPSA) is 66.9 Å². The molecule has 0 aliphatic rings. The van der Waals surface area contributed by atoms with Gasteiger partial charge in [-0.25, -0.2) is 4.98 Å². The summed E-state index contributed by atoms with van der Waals surface area (Å²) >= 11 is 5.81. The van der Waals surface area contributed by atoms with Gasteiger partial charge >= 0.3 is 0 Å². The maximum Gasteiger partial charge on any atom is 0.256 e. The zero-order valence-electron chi connectivity index (χ0n) is 12.7. The van der Waals surface area contributed by atoms with Crippen molar-refractivity contribution < 1.29 is 4.79 Å². The molecule has 0 saturated carbocycles. The quantitative estimate of drug-likeness (QED) is 0.738. The fourth-order valence-electron chi connectivity index (χ4n) is 2.07. The standard InChI is InChI=1S/C18H15ClN4O/c19-15-5-3-14(4-6-15)18(24)23-17-8-7-16(12-22-17)21-11-13-2-1-9-20-10-13/h1-10,12,21H,11H2,(H,22,23,24). The number of rotatable bonds is 5. The summed E-state index contributed by atoms with van der Waals surface area (Å²) in [5.41, 5.74) is 2.47. The highest BCUT2D eigenvalue weighted by Crippen LogP contribution is 2.14. The van der Waals surface area contributed by atoms with Gasteiger partial charge in [-0.15, -0.1) is 0 Å². The third kappa shape index (κ3) is 4.30. The van der Waals surface area contributed by atoms with E-state index < -0.39 is 0 Å². The van der Waals surface area contributed by atoms with Gasteiger partial charge in [-0.05, 0) is 48.0 Å². The molecule has 5 nitrogen and oxygen atoms in total. The van der Waals surface area contributed by atoms with Crippen LogP contribution in [-0.2, 0) is 6.54 Å². The van der Waals surface area contributed by atoms with E-state index in [0.717, 1.165) is 11.3 Å². The van der Waals surface area contributed by atoms with Gasteiger partial charge in [-0.2, -0.15) is 0 Å². The van der Waals surface area contributed by atoms with Crippen molar-refractivity contribution in [3.8, 4) is 0 Å². The Morgan fingerprint density at radius 3 is 2.54 bits per heavy atom. The van der Waals surface area contributed by atoms with Crippen molar-refractivity contribution in [1.82, 2.24) is 9.97 Å². The SMILES string of the molecule is O=C(Nc1ccc(NCc2cccnc2)cn1)c1ccc(Cl)cc1. The van der Waals surface area contributed by atoms with Crippen LogP contribution in [-0.4, -0.2) is 15.9 Å². The van der Waals surface area contributed by atoms with Crippen LogP contribution in [0.25, 0.3) is 0 Å². The van der Waals surface area contributed by atoms with Crippen LogP contribution in [0.1, 0.15) is 15.9 Å². The van der Waals surface area contributed by atoms with Crippen molar-refractivity contribution in [3.05, 3.63) is 83.3 Å². The Labute approximate surface area is 144 Å². The molecule has 2 heterocycles. The molecule has 0 aliphatic heterocycles. The van der Waals surface area contributed by atoms with E-state index in [1.165, 1.54) is 0 Å². The van der Waals surface area contributed by atoms with Crippen LogP contribution in [0.5, 0.6) is 0 Å². The average molecular weight is 339 g/mol. The second-order valence-corrected chi connectivity index (χ2v) is 5.54. The summed E-state index contributed by atoms with van der Waals surface area (Å²) in [5.74, 6) is 0.261. The fourth-order valence-corrected chi connectivity index (χ4v) is 2.19. The Balaban J connectivity index is 1.58. The number of nitrogens with one attached hydrogen (secondary N) is 2. The summed E-state index contributed by atoms with van der Waals surface area (Å²) in [6, 6.07) is 14.2. The molecule has 1 amide bonds. The van der Waals surface area contributed by atoms with E-state index in [1.54, 1.807) is 48.9 Å². The first-order valence-electron chi connectivity index (χ1n) is 7.36. The van der Waals surface area contributed by atoms with Gasteiger partial charge in [0.15, 0.2) is 0 Å². The number of carbonyl (C=O) groups is 1. The summed E-state index contributed by atoms with van der Waals surface area (Å²) in [4.78, 5) is 20.4. The molecule has 0 unspecified atom stereocenters. The van der Waals surface area contributed by atoms with Crippen LogP contribution in [0.4, 0.5) is 11.5 Å². The Kier molecular flexibility index (Phi) is 5.03. The lowest BCUT2D eigenvalue weighted by atomic mass is 10.2. The molecule has 0 atom stereocenters. The second kappa shape index (κ2) is 7.57. The second-order valence-electron chi connectivity index (χ2n) is 5.11. The largest absolute Gasteiger partial charge is 0.380 e. The van der Waals surface area contributed by atoms with E-state index in [2.05, 4.69) is 20.6 Å². The third-order valence-corrected chi connectivity index (χ3v) is 3.58. The lowest BCUT2D eigenvalue weighted by Gasteiger charge is -2.08. The normalized spacial score (nSPS) is 10.2. The van der Waals surface area contributed by atoms with E-state index in [4.69, 9.17) is 11.6 Å². The number of halogens is 1. The minimum absolute atomic E-state index is 0.227. The molecule has 2 aromatic heterocycles.